The molecule has 0 aromatic heterocycles. The molecule has 0 bridgehead atoms. The van der Waals surface area contributed by atoms with Gasteiger partial charge in [0, 0.05) is 5.92 Å². The molecular formula is C11H10N2O2. The molecule has 0 spiro atoms. The maximum absolute atomic E-state index is 10.2. The first-order valence-electron chi connectivity index (χ1n) is 4.50. The van der Waals surface area contributed by atoms with Crippen molar-refractivity contribution in [2.24, 2.45) is 9.98 Å². The van der Waals surface area contributed by atoms with Gasteiger partial charge in [-0.15, -0.1) is 0 Å². The summed E-state index contributed by atoms with van der Waals surface area (Å²) >= 11 is 0. The first kappa shape index (κ1) is 11.1. The summed E-state index contributed by atoms with van der Waals surface area (Å²) in [5.41, 5.74) is 1.45. The third-order valence-corrected chi connectivity index (χ3v) is 2.06. The summed E-state index contributed by atoms with van der Waals surface area (Å²) in [6.45, 7) is 2.24. The number of rotatable bonds is 4. The topological polar surface area (TPSA) is 58.9 Å². The molecule has 0 aliphatic rings. The van der Waals surface area contributed by atoms with Crippen LogP contribution in [0.15, 0.2) is 34.3 Å². The highest BCUT2D eigenvalue weighted by molar-refractivity contribution is 5.54. The third-order valence-electron chi connectivity index (χ3n) is 2.06. The van der Waals surface area contributed by atoms with Gasteiger partial charge < -0.3 is 0 Å². The zero-order valence-corrected chi connectivity index (χ0v) is 8.30. The highest BCUT2D eigenvalue weighted by atomic mass is 16.1. The van der Waals surface area contributed by atoms with Crippen molar-refractivity contribution >= 4 is 17.8 Å². The second-order valence-corrected chi connectivity index (χ2v) is 3.09. The Labute approximate surface area is 87.4 Å². The number of hydrogen-bond donors (Lipinski definition) is 0. The average Bonchev–Trinajstić information content (AvgIpc) is 2.27. The predicted octanol–water partition coefficient (Wildman–Crippen LogP) is 2.09. The Morgan fingerprint density at radius 3 is 2.67 bits per heavy atom. The molecule has 1 rings (SSSR count). The van der Waals surface area contributed by atoms with E-state index < -0.39 is 0 Å². The molecule has 0 saturated carbocycles. The Kier molecular flexibility index (Phi) is 4.17. The van der Waals surface area contributed by atoms with Gasteiger partial charge in [-0.1, -0.05) is 25.1 Å². The van der Waals surface area contributed by atoms with Crippen molar-refractivity contribution in [1.82, 2.24) is 0 Å². The van der Waals surface area contributed by atoms with Crippen molar-refractivity contribution in [3.8, 4) is 0 Å². The lowest BCUT2D eigenvalue weighted by molar-refractivity contribution is 0.561. The minimum atomic E-state index is 0.0275. The number of benzene rings is 1. The molecule has 0 N–H and O–H groups in total. The first-order valence-corrected chi connectivity index (χ1v) is 4.50. The third kappa shape index (κ3) is 2.99. The maximum atomic E-state index is 10.2. The SMILES string of the molecule is CC(CN=C=O)c1ccccc1N=C=O. The zero-order chi connectivity index (χ0) is 11.1. The molecule has 0 fully saturated rings. The van der Waals surface area contributed by atoms with Crippen LogP contribution >= 0.6 is 0 Å². The normalized spacial score (nSPS) is 11.0. The average molecular weight is 202 g/mol. The highest BCUT2D eigenvalue weighted by Gasteiger charge is 2.08. The summed E-state index contributed by atoms with van der Waals surface area (Å²) < 4.78 is 0. The molecule has 4 heteroatoms. The Balaban J connectivity index is 3.01. The smallest absolute Gasteiger partial charge is 0.211 e. The van der Waals surface area contributed by atoms with Gasteiger partial charge in [-0.25, -0.2) is 14.6 Å². The summed E-state index contributed by atoms with van der Waals surface area (Å²) in [6.07, 6.45) is 2.99. The van der Waals surface area contributed by atoms with E-state index in [4.69, 9.17) is 0 Å². The Morgan fingerprint density at radius 1 is 1.27 bits per heavy atom. The minimum Gasteiger partial charge on any atom is -0.211 e. The van der Waals surface area contributed by atoms with Crippen LogP contribution < -0.4 is 0 Å². The van der Waals surface area contributed by atoms with Gasteiger partial charge in [-0.2, -0.15) is 4.99 Å². The summed E-state index contributed by atoms with van der Waals surface area (Å²) in [5.74, 6) is 0.0275. The van der Waals surface area contributed by atoms with Crippen LogP contribution in [0.5, 0.6) is 0 Å². The zero-order valence-electron chi connectivity index (χ0n) is 8.30. The lowest BCUT2D eigenvalue weighted by atomic mass is 9.99. The fraction of sp³-hybridized carbons (Fsp3) is 0.273. The Bertz CT molecular complexity index is 430. The number of hydrogen-bond acceptors (Lipinski definition) is 4. The van der Waals surface area contributed by atoms with E-state index in [1.807, 2.05) is 19.1 Å². The van der Waals surface area contributed by atoms with Gasteiger partial charge in [0.25, 0.3) is 0 Å². The number of carbonyl (C=O) groups excluding carboxylic acids is 2. The fourth-order valence-corrected chi connectivity index (χ4v) is 1.33. The van der Waals surface area contributed by atoms with Crippen LogP contribution in [-0.4, -0.2) is 18.7 Å². The van der Waals surface area contributed by atoms with Crippen molar-refractivity contribution in [3.63, 3.8) is 0 Å². The highest BCUT2D eigenvalue weighted by Crippen LogP contribution is 2.26. The van der Waals surface area contributed by atoms with Crippen molar-refractivity contribution in [2.75, 3.05) is 6.54 Å². The summed E-state index contributed by atoms with van der Waals surface area (Å²) in [4.78, 5) is 27.3. The standard InChI is InChI=1S/C11H10N2O2/c1-9(6-12-7-14)10-4-2-3-5-11(10)13-8-15/h2-5,9H,6H2,1H3. The van der Waals surface area contributed by atoms with Crippen molar-refractivity contribution in [3.05, 3.63) is 29.8 Å². The van der Waals surface area contributed by atoms with E-state index >= 15 is 0 Å². The van der Waals surface area contributed by atoms with E-state index in [1.54, 1.807) is 12.1 Å². The van der Waals surface area contributed by atoms with Crippen LogP contribution in [0.25, 0.3) is 0 Å². The van der Waals surface area contributed by atoms with Crippen LogP contribution in [0.1, 0.15) is 18.4 Å². The van der Waals surface area contributed by atoms with E-state index in [1.165, 1.54) is 12.2 Å². The monoisotopic (exact) mass is 202 g/mol. The Morgan fingerprint density at radius 2 is 2.00 bits per heavy atom. The van der Waals surface area contributed by atoms with Crippen LogP contribution in [-0.2, 0) is 9.59 Å². The minimum absolute atomic E-state index is 0.0275. The molecule has 0 amide bonds. The predicted molar refractivity (Wildman–Crippen MR) is 55.6 cm³/mol. The van der Waals surface area contributed by atoms with Crippen molar-refractivity contribution in [2.45, 2.75) is 12.8 Å². The van der Waals surface area contributed by atoms with Gasteiger partial charge in [0.15, 0.2) is 0 Å². The molecule has 1 atom stereocenters. The van der Waals surface area contributed by atoms with E-state index in [9.17, 15) is 9.59 Å². The van der Waals surface area contributed by atoms with Gasteiger partial charge in [-0.05, 0) is 11.6 Å². The van der Waals surface area contributed by atoms with Crippen molar-refractivity contribution < 1.29 is 9.59 Å². The molecule has 4 nitrogen and oxygen atoms in total. The molecule has 0 aliphatic carbocycles. The van der Waals surface area contributed by atoms with Gasteiger partial charge >= 0.3 is 0 Å². The molecule has 15 heavy (non-hydrogen) atoms. The molecule has 0 radical (unpaired) electrons. The van der Waals surface area contributed by atoms with Gasteiger partial charge in [0.1, 0.15) is 0 Å². The van der Waals surface area contributed by atoms with Crippen LogP contribution in [0.3, 0.4) is 0 Å². The molecule has 1 aromatic carbocycles. The number of isocyanates is 2. The van der Waals surface area contributed by atoms with E-state index in [0.717, 1.165) is 5.56 Å². The molecule has 0 saturated heterocycles. The number of aliphatic imine (C=N–C) groups is 2. The molecule has 0 heterocycles. The fourth-order valence-electron chi connectivity index (χ4n) is 1.33. The molecule has 0 aliphatic heterocycles. The maximum Gasteiger partial charge on any atom is 0.240 e. The number of nitrogens with zero attached hydrogens (tertiary/aromatic N) is 2. The largest absolute Gasteiger partial charge is 0.240 e. The number of para-hydroxylation sites is 1. The molecule has 1 aromatic rings. The van der Waals surface area contributed by atoms with E-state index in [0.29, 0.717) is 12.2 Å². The lowest BCUT2D eigenvalue weighted by Crippen LogP contribution is -1.97. The molecule has 76 valence electrons. The van der Waals surface area contributed by atoms with Crippen LogP contribution in [0, 0.1) is 0 Å². The summed E-state index contributed by atoms with van der Waals surface area (Å²) in [5, 5.41) is 0. The second-order valence-electron chi connectivity index (χ2n) is 3.09. The van der Waals surface area contributed by atoms with Crippen LogP contribution in [0.2, 0.25) is 0 Å². The van der Waals surface area contributed by atoms with Crippen LogP contribution in [0.4, 0.5) is 5.69 Å². The molecule has 1 unspecified atom stereocenters. The van der Waals surface area contributed by atoms with Gasteiger partial charge in [0.05, 0.1) is 12.2 Å². The van der Waals surface area contributed by atoms with Gasteiger partial charge in [-0.3, -0.25) is 0 Å². The second kappa shape index (κ2) is 5.66. The lowest BCUT2D eigenvalue weighted by Gasteiger charge is -2.09. The summed E-state index contributed by atoms with van der Waals surface area (Å²) in [7, 11) is 0. The van der Waals surface area contributed by atoms with Gasteiger partial charge in [0.2, 0.25) is 12.2 Å². The Hall–Kier alpha value is -2.02. The van der Waals surface area contributed by atoms with E-state index in [2.05, 4.69) is 9.98 Å². The van der Waals surface area contributed by atoms with E-state index in [-0.39, 0.29) is 5.92 Å². The summed E-state index contributed by atoms with van der Waals surface area (Å²) in [6, 6.07) is 7.21. The quantitative estimate of drug-likeness (QED) is 0.554. The van der Waals surface area contributed by atoms with Crippen molar-refractivity contribution in [1.29, 1.82) is 0 Å². The first-order chi connectivity index (χ1) is 7.29. The molecular weight excluding hydrogens is 192 g/mol.